The second kappa shape index (κ2) is 8.61. The number of nitrogens with zero attached hydrogens (tertiary/aromatic N) is 2. The van der Waals surface area contributed by atoms with Crippen LogP contribution in [0.4, 0.5) is 9.59 Å². The van der Waals surface area contributed by atoms with Gasteiger partial charge in [0.05, 0.1) is 0 Å². The van der Waals surface area contributed by atoms with Crippen molar-refractivity contribution in [1.29, 1.82) is 0 Å². The minimum Gasteiger partial charge on any atom is -0.445 e. The van der Waals surface area contributed by atoms with Gasteiger partial charge in [-0.2, -0.15) is 0 Å². The lowest BCUT2D eigenvalue weighted by molar-refractivity contribution is 0.0126. The van der Waals surface area contributed by atoms with Gasteiger partial charge in [-0.05, 0) is 57.1 Å². The first-order valence-corrected chi connectivity index (χ1v) is 10.4. The molecule has 2 unspecified atom stereocenters. The van der Waals surface area contributed by atoms with E-state index >= 15 is 0 Å². The second-order valence-electron chi connectivity index (χ2n) is 9.18. The number of benzene rings is 1. The highest BCUT2D eigenvalue weighted by Gasteiger charge is 2.49. The Morgan fingerprint density at radius 2 is 1.76 bits per heavy atom. The lowest BCUT2D eigenvalue weighted by atomic mass is 9.69. The van der Waals surface area contributed by atoms with Gasteiger partial charge in [-0.1, -0.05) is 30.3 Å². The van der Waals surface area contributed by atoms with Gasteiger partial charge in [-0.15, -0.1) is 0 Å². The molecule has 1 aromatic carbocycles. The van der Waals surface area contributed by atoms with E-state index < -0.39 is 5.60 Å². The van der Waals surface area contributed by atoms with Crippen LogP contribution in [0.2, 0.25) is 0 Å². The fourth-order valence-electron chi connectivity index (χ4n) is 4.33. The molecular weight excluding hydrogens is 370 g/mol. The summed E-state index contributed by atoms with van der Waals surface area (Å²) in [7, 11) is 0. The maximum absolute atomic E-state index is 12.5. The number of piperidine rings is 1. The van der Waals surface area contributed by atoms with Gasteiger partial charge in [0.25, 0.3) is 0 Å². The van der Waals surface area contributed by atoms with Crippen LogP contribution in [0.1, 0.15) is 39.2 Å². The number of carbonyl (C=O) groups is 2. The monoisotopic (exact) mass is 403 g/mol. The Bertz CT molecular complexity index is 719. The lowest BCUT2D eigenvalue weighted by Crippen LogP contribution is -2.53. The number of ether oxygens (including phenoxy) is 2. The highest BCUT2D eigenvalue weighted by Crippen LogP contribution is 2.44. The Morgan fingerprint density at radius 3 is 2.38 bits per heavy atom. The summed E-state index contributed by atoms with van der Waals surface area (Å²) < 4.78 is 11.0. The highest BCUT2D eigenvalue weighted by atomic mass is 16.6. The molecule has 2 heterocycles. The summed E-state index contributed by atoms with van der Waals surface area (Å²) in [6.07, 6.45) is 1.13. The van der Waals surface area contributed by atoms with Crippen LogP contribution in [0.15, 0.2) is 30.3 Å². The number of nitrogens with two attached hydrogens (primary N) is 1. The predicted molar refractivity (Wildman–Crippen MR) is 110 cm³/mol. The average Bonchev–Trinajstić information content (AvgIpc) is 3.11. The first-order valence-electron chi connectivity index (χ1n) is 10.4. The van der Waals surface area contributed by atoms with Gasteiger partial charge >= 0.3 is 12.2 Å². The van der Waals surface area contributed by atoms with E-state index in [-0.39, 0.29) is 30.1 Å². The van der Waals surface area contributed by atoms with Crippen molar-refractivity contribution in [2.75, 3.05) is 32.7 Å². The predicted octanol–water partition coefficient (Wildman–Crippen LogP) is 3.23. The van der Waals surface area contributed by atoms with Crippen LogP contribution in [0.3, 0.4) is 0 Å². The lowest BCUT2D eigenvalue weighted by Gasteiger charge is -2.45. The summed E-state index contributed by atoms with van der Waals surface area (Å²) in [6, 6.07) is 9.66. The van der Waals surface area contributed by atoms with E-state index in [0.717, 1.165) is 18.4 Å². The van der Waals surface area contributed by atoms with E-state index in [1.807, 2.05) is 51.1 Å². The number of amides is 2. The Labute approximate surface area is 173 Å². The zero-order valence-corrected chi connectivity index (χ0v) is 17.7. The average molecular weight is 404 g/mol. The summed E-state index contributed by atoms with van der Waals surface area (Å²) in [6.45, 7) is 8.85. The van der Waals surface area contributed by atoms with Crippen molar-refractivity contribution in [2.45, 2.75) is 45.8 Å². The molecule has 2 N–H and O–H groups in total. The van der Waals surface area contributed by atoms with Gasteiger partial charge in [0.15, 0.2) is 0 Å². The third-order valence-electron chi connectivity index (χ3n) is 5.97. The van der Waals surface area contributed by atoms with E-state index in [2.05, 4.69) is 0 Å². The maximum Gasteiger partial charge on any atom is 0.410 e. The summed E-state index contributed by atoms with van der Waals surface area (Å²) in [5.74, 6) is 0.132. The van der Waals surface area contributed by atoms with Crippen LogP contribution < -0.4 is 5.73 Å². The molecule has 7 heteroatoms. The molecule has 2 aliphatic rings. The molecule has 1 aromatic rings. The van der Waals surface area contributed by atoms with Gasteiger partial charge in [0, 0.05) is 26.2 Å². The molecule has 2 atom stereocenters. The molecule has 0 aliphatic carbocycles. The number of likely N-dealkylation sites (tertiary alicyclic amines) is 2. The van der Waals surface area contributed by atoms with E-state index in [1.165, 1.54) is 0 Å². The largest absolute Gasteiger partial charge is 0.445 e. The summed E-state index contributed by atoms with van der Waals surface area (Å²) in [5, 5.41) is 0. The molecular formula is C22H33N3O4. The van der Waals surface area contributed by atoms with Crippen LogP contribution >= 0.6 is 0 Å². The van der Waals surface area contributed by atoms with Gasteiger partial charge in [0.2, 0.25) is 0 Å². The third kappa shape index (κ3) is 5.21. The number of hydrogen-bond acceptors (Lipinski definition) is 5. The Morgan fingerprint density at radius 1 is 1.10 bits per heavy atom. The molecule has 2 aliphatic heterocycles. The number of rotatable bonds is 3. The zero-order valence-electron chi connectivity index (χ0n) is 17.7. The van der Waals surface area contributed by atoms with Crippen molar-refractivity contribution >= 4 is 12.2 Å². The summed E-state index contributed by atoms with van der Waals surface area (Å²) >= 11 is 0. The van der Waals surface area contributed by atoms with Crippen molar-refractivity contribution in [3.8, 4) is 0 Å². The van der Waals surface area contributed by atoms with Crippen LogP contribution in [-0.2, 0) is 16.1 Å². The zero-order chi connectivity index (χ0) is 21.1. The van der Waals surface area contributed by atoms with Crippen molar-refractivity contribution in [2.24, 2.45) is 17.1 Å². The quantitative estimate of drug-likeness (QED) is 0.837. The molecule has 0 aromatic heterocycles. The highest BCUT2D eigenvalue weighted by molar-refractivity contribution is 5.69. The first kappa shape index (κ1) is 21.4. The van der Waals surface area contributed by atoms with Crippen LogP contribution in [0.5, 0.6) is 0 Å². The van der Waals surface area contributed by atoms with Crippen LogP contribution in [0.25, 0.3) is 0 Å². The molecule has 2 fully saturated rings. The van der Waals surface area contributed by atoms with Crippen molar-refractivity contribution in [3.63, 3.8) is 0 Å². The van der Waals surface area contributed by atoms with E-state index in [1.54, 1.807) is 9.80 Å². The molecule has 2 amide bonds. The number of carbonyl (C=O) groups excluding carboxylic acids is 2. The van der Waals surface area contributed by atoms with Crippen molar-refractivity contribution in [3.05, 3.63) is 35.9 Å². The molecule has 0 bridgehead atoms. The maximum atomic E-state index is 12.5. The first-order chi connectivity index (χ1) is 13.7. The molecule has 0 radical (unpaired) electrons. The molecule has 1 spiro atoms. The number of hydrogen-bond donors (Lipinski definition) is 1. The smallest absolute Gasteiger partial charge is 0.410 e. The van der Waals surface area contributed by atoms with Crippen LogP contribution in [-0.4, -0.2) is 60.3 Å². The summed E-state index contributed by atoms with van der Waals surface area (Å²) in [5.41, 5.74) is 6.50. The van der Waals surface area contributed by atoms with Gasteiger partial charge in [-0.25, -0.2) is 9.59 Å². The topological polar surface area (TPSA) is 85.1 Å². The SMILES string of the molecule is CC(C)(C)OC(=O)N1CCC2(CCN(C(=O)OCc3ccccc3)CC2CN)C1. The summed E-state index contributed by atoms with van der Waals surface area (Å²) in [4.78, 5) is 28.5. The van der Waals surface area contributed by atoms with Gasteiger partial charge < -0.3 is 25.0 Å². The van der Waals surface area contributed by atoms with Crippen molar-refractivity contribution < 1.29 is 19.1 Å². The molecule has 160 valence electrons. The molecule has 7 nitrogen and oxygen atoms in total. The van der Waals surface area contributed by atoms with Gasteiger partial charge in [-0.3, -0.25) is 0 Å². The standard InChI is InChI=1S/C22H33N3O4/c1-21(2,3)29-20(27)25-12-10-22(16-25)9-11-24(14-18(22)13-23)19(26)28-15-17-7-5-4-6-8-17/h4-8,18H,9-16,23H2,1-3H3. The van der Waals surface area contributed by atoms with E-state index in [0.29, 0.717) is 32.7 Å². The van der Waals surface area contributed by atoms with E-state index in [4.69, 9.17) is 15.2 Å². The minimum absolute atomic E-state index is 0.0537. The van der Waals surface area contributed by atoms with Gasteiger partial charge in [0.1, 0.15) is 12.2 Å². The molecule has 2 saturated heterocycles. The Kier molecular flexibility index (Phi) is 6.36. The van der Waals surface area contributed by atoms with E-state index in [9.17, 15) is 9.59 Å². The molecule has 0 saturated carbocycles. The minimum atomic E-state index is -0.508. The second-order valence-corrected chi connectivity index (χ2v) is 9.18. The third-order valence-corrected chi connectivity index (χ3v) is 5.97. The fraction of sp³-hybridized carbons (Fsp3) is 0.636. The molecule has 29 heavy (non-hydrogen) atoms. The Hall–Kier alpha value is -2.28. The normalized spacial score (nSPS) is 24.6. The Balaban J connectivity index is 1.57. The van der Waals surface area contributed by atoms with Crippen LogP contribution in [0, 0.1) is 11.3 Å². The molecule has 3 rings (SSSR count). The fourth-order valence-corrected chi connectivity index (χ4v) is 4.33. The van der Waals surface area contributed by atoms with Crippen molar-refractivity contribution in [1.82, 2.24) is 9.80 Å².